The fourth-order valence-corrected chi connectivity index (χ4v) is 5.66. The lowest BCUT2D eigenvalue weighted by molar-refractivity contribution is -0.122. The SMILES string of the molecule is CNCCO.CS(=O)C(C(=O)NCC=O)c1nc2ccc(-c3ccc4c(c3)CNC4=O)cc2s1. The van der Waals surface area contributed by atoms with Crippen LogP contribution < -0.4 is 16.0 Å². The summed E-state index contributed by atoms with van der Waals surface area (Å²) in [6.45, 7) is 1.32. The van der Waals surface area contributed by atoms with Crippen molar-refractivity contribution >= 4 is 50.5 Å². The molecule has 2 aromatic carbocycles. The quantitative estimate of drug-likeness (QED) is 0.339. The molecule has 0 fully saturated rings. The van der Waals surface area contributed by atoms with Gasteiger partial charge in [0, 0.05) is 35.7 Å². The molecule has 9 nitrogen and oxygen atoms in total. The van der Waals surface area contributed by atoms with E-state index in [0.717, 1.165) is 21.4 Å². The fourth-order valence-electron chi connectivity index (χ4n) is 3.40. The third-order valence-electron chi connectivity index (χ3n) is 5.04. The number of likely N-dealkylation sites (N-methyl/N-ethyl adjacent to an activating group) is 1. The summed E-state index contributed by atoms with van der Waals surface area (Å²) in [5.41, 5.74) is 4.33. The Kier molecular flexibility index (Phi) is 8.99. The summed E-state index contributed by atoms with van der Waals surface area (Å²) >= 11 is 1.31. The van der Waals surface area contributed by atoms with Gasteiger partial charge in [0.15, 0.2) is 5.25 Å². The van der Waals surface area contributed by atoms with Crippen molar-refractivity contribution in [1.82, 2.24) is 20.9 Å². The Morgan fingerprint density at radius 3 is 2.68 bits per heavy atom. The van der Waals surface area contributed by atoms with E-state index in [-0.39, 0.29) is 19.1 Å². The molecule has 34 heavy (non-hydrogen) atoms. The van der Waals surface area contributed by atoms with Gasteiger partial charge in [-0.25, -0.2) is 4.98 Å². The third kappa shape index (κ3) is 5.92. The van der Waals surface area contributed by atoms with E-state index in [2.05, 4.69) is 20.9 Å². The molecule has 0 bridgehead atoms. The average molecular weight is 503 g/mol. The van der Waals surface area contributed by atoms with E-state index >= 15 is 0 Å². The predicted octanol–water partition coefficient (Wildman–Crippen LogP) is 1.14. The highest BCUT2D eigenvalue weighted by Crippen LogP contribution is 2.33. The molecule has 0 spiro atoms. The zero-order valence-corrected chi connectivity index (χ0v) is 20.4. The number of hydrogen-bond donors (Lipinski definition) is 4. The molecule has 180 valence electrons. The van der Waals surface area contributed by atoms with Crippen LogP contribution in [0.4, 0.5) is 0 Å². The minimum absolute atomic E-state index is 0.0550. The summed E-state index contributed by atoms with van der Waals surface area (Å²) in [5, 5.41) is 15.6. The van der Waals surface area contributed by atoms with Crippen molar-refractivity contribution in [2.24, 2.45) is 0 Å². The third-order valence-corrected chi connectivity index (χ3v) is 7.38. The second kappa shape index (κ2) is 11.9. The number of aliphatic hydroxyl groups excluding tert-OH is 1. The van der Waals surface area contributed by atoms with Gasteiger partial charge in [0.2, 0.25) is 5.91 Å². The minimum atomic E-state index is -1.48. The van der Waals surface area contributed by atoms with Crippen LogP contribution in [-0.4, -0.2) is 65.4 Å². The first kappa shape index (κ1) is 25.6. The number of aldehydes is 1. The molecule has 4 rings (SSSR count). The predicted molar refractivity (Wildman–Crippen MR) is 133 cm³/mol. The maximum Gasteiger partial charge on any atom is 0.251 e. The Morgan fingerprint density at radius 1 is 1.29 bits per heavy atom. The van der Waals surface area contributed by atoms with Gasteiger partial charge in [-0.15, -0.1) is 11.3 Å². The largest absolute Gasteiger partial charge is 0.395 e. The van der Waals surface area contributed by atoms with Crippen LogP contribution >= 0.6 is 11.3 Å². The number of benzene rings is 2. The molecule has 0 radical (unpaired) electrons. The summed E-state index contributed by atoms with van der Waals surface area (Å²) in [5.74, 6) is -0.534. The number of nitrogens with one attached hydrogen (secondary N) is 3. The second-order valence-corrected chi connectivity index (χ2v) is 9.94. The van der Waals surface area contributed by atoms with E-state index in [9.17, 15) is 18.6 Å². The van der Waals surface area contributed by atoms with E-state index in [1.807, 2.05) is 36.4 Å². The van der Waals surface area contributed by atoms with Gasteiger partial charge in [0.1, 0.15) is 11.3 Å². The van der Waals surface area contributed by atoms with Gasteiger partial charge in [-0.3, -0.25) is 13.8 Å². The zero-order valence-electron chi connectivity index (χ0n) is 18.8. The molecule has 2 amide bonds. The van der Waals surface area contributed by atoms with Gasteiger partial charge in [-0.05, 0) is 48.0 Å². The monoisotopic (exact) mass is 502 g/mol. The van der Waals surface area contributed by atoms with E-state index in [4.69, 9.17) is 5.11 Å². The normalized spacial score (nSPS) is 13.9. The van der Waals surface area contributed by atoms with Gasteiger partial charge < -0.3 is 25.9 Å². The molecule has 0 aliphatic carbocycles. The first-order valence-corrected chi connectivity index (χ1v) is 12.9. The lowest BCUT2D eigenvalue weighted by atomic mass is 10.0. The molecule has 0 saturated heterocycles. The number of thiazole rings is 1. The van der Waals surface area contributed by atoms with Gasteiger partial charge in [0.25, 0.3) is 5.91 Å². The van der Waals surface area contributed by atoms with Crippen LogP contribution in [0.3, 0.4) is 0 Å². The Labute approximate surface area is 203 Å². The van der Waals surface area contributed by atoms with E-state index < -0.39 is 22.0 Å². The van der Waals surface area contributed by atoms with Crippen LogP contribution in [0.25, 0.3) is 21.3 Å². The van der Waals surface area contributed by atoms with Crippen molar-refractivity contribution in [3.05, 3.63) is 52.5 Å². The number of amides is 2. The van der Waals surface area contributed by atoms with Crippen LogP contribution in [0.2, 0.25) is 0 Å². The molecule has 11 heteroatoms. The molecule has 1 aliphatic heterocycles. The standard InChI is InChI=1S/C20H17N3O4S2.C3H9NO/c1-29(27)17(19(26)21-6-7-24)20-23-15-5-3-12(9-16(15)28-20)11-2-4-14-13(8-11)10-22-18(14)25;1-4-2-3-5/h2-5,7-9,17H,6,10H2,1H3,(H,21,26)(H,22,25);4-5H,2-3H2,1H3. The summed E-state index contributed by atoms with van der Waals surface area (Å²) in [6.07, 6.45) is 2.03. The summed E-state index contributed by atoms with van der Waals surface area (Å²) in [6, 6.07) is 11.5. The van der Waals surface area contributed by atoms with Crippen molar-refractivity contribution in [3.63, 3.8) is 0 Å². The maximum absolute atomic E-state index is 12.3. The molecule has 2 heterocycles. The Balaban J connectivity index is 0.000000588. The molecule has 2 atom stereocenters. The summed E-state index contributed by atoms with van der Waals surface area (Å²) < 4.78 is 13.0. The van der Waals surface area contributed by atoms with Gasteiger partial charge in [-0.1, -0.05) is 12.1 Å². The molecule has 4 N–H and O–H groups in total. The molecule has 1 aromatic heterocycles. The molecule has 1 aliphatic rings. The van der Waals surface area contributed by atoms with E-state index in [1.165, 1.54) is 17.6 Å². The molecule has 3 aromatic rings. The van der Waals surface area contributed by atoms with Gasteiger partial charge in [0.05, 0.1) is 23.4 Å². The molecular formula is C23H26N4O5S2. The highest BCUT2D eigenvalue weighted by Gasteiger charge is 2.28. The van der Waals surface area contributed by atoms with Crippen LogP contribution in [0.1, 0.15) is 26.2 Å². The number of aliphatic hydroxyl groups is 1. The van der Waals surface area contributed by atoms with Crippen LogP contribution in [0, 0.1) is 0 Å². The number of hydrogen-bond acceptors (Lipinski definition) is 8. The van der Waals surface area contributed by atoms with E-state index in [1.54, 1.807) is 7.05 Å². The minimum Gasteiger partial charge on any atom is -0.395 e. The lowest BCUT2D eigenvalue weighted by Gasteiger charge is -2.10. The van der Waals surface area contributed by atoms with Crippen molar-refractivity contribution in [3.8, 4) is 11.1 Å². The topological polar surface area (TPSA) is 137 Å². The van der Waals surface area contributed by atoms with Crippen molar-refractivity contribution < 1.29 is 23.7 Å². The first-order chi connectivity index (χ1) is 16.4. The Bertz CT molecular complexity index is 1230. The first-order valence-electron chi connectivity index (χ1n) is 10.5. The van der Waals surface area contributed by atoms with Gasteiger partial charge >= 0.3 is 0 Å². The van der Waals surface area contributed by atoms with E-state index in [0.29, 0.717) is 35.5 Å². The second-order valence-electron chi connectivity index (χ2n) is 7.41. The number of rotatable bonds is 8. The highest BCUT2D eigenvalue weighted by molar-refractivity contribution is 7.85. The van der Waals surface area contributed by atoms with Crippen molar-refractivity contribution in [2.75, 3.05) is 33.0 Å². The summed E-state index contributed by atoms with van der Waals surface area (Å²) in [4.78, 5) is 39.1. The fraction of sp³-hybridized carbons (Fsp3) is 0.304. The van der Waals surface area contributed by atoms with Gasteiger partial charge in [-0.2, -0.15) is 0 Å². The van der Waals surface area contributed by atoms with Crippen LogP contribution in [0.5, 0.6) is 0 Å². The maximum atomic E-state index is 12.3. The smallest absolute Gasteiger partial charge is 0.251 e. The lowest BCUT2D eigenvalue weighted by Crippen LogP contribution is -2.32. The number of carbonyl (C=O) groups excluding carboxylic acids is 3. The zero-order chi connectivity index (χ0) is 24.7. The Hall–Kier alpha value is -2.99. The van der Waals surface area contributed by atoms with Crippen LogP contribution in [-0.2, 0) is 26.9 Å². The number of carbonyl (C=O) groups is 3. The van der Waals surface area contributed by atoms with Crippen LogP contribution in [0.15, 0.2) is 36.4 Å². The average Bonchev–Trinajstić information content (AvgIpc) is 3.40. The molecule has 2 unspecified atom stereocenters. The van der Waals surface area contributed by atoms with Crippen molar-refractivity contribution in [1.29, 1.82) is 0 Å². The number of fused-ring (bicyclic) bond motifs is 2. The highest BCUT2D eigenvalue weighted by atomic mass is 32.2. The number of nitrogens with zero attached hydrogens (tertiary/aromatic N) is 1. The summed E-state index contributed by atoms with van der Waals surface area (Å²) in [7, 11) is 0.323. The number of aromatic nitrogens is 1. The molecule has 0 saturated carbocycles. The molecular weight excluding hydrogens is 476 g/mol. The Morgan fingerprint density at radius 2 is 2.03 bits per heavy atom. The van der Waals surface area contributed by atoms with Crippen molar-refractivity contribution in [2.45, 2.75) is 11.8 Å².